The third-order valence-corrected chi connectivity index (χ3v) is 3.73. The number of rotatable bonds is 8. The molecular formula is C19H29IN6O. The van der Waals surface area contributed by atoms with Crippen molar-refractivity contribution in [1.29, 1.82) is 0 Å². The topological polar surface area (TPSA) is 83.3 Å². The first kappa shape index (κ1) is 22.9. The van der Waals surface area contributed by atoms with Crippen molar-refractivity contribution in [2.75, 3.05) is 20.1 Å². The second kappa shape index (κ2) is 12.3. The Hall–Kier alpha value is -2.10. The number of carbonyl (C=O) groups excluding carboxylic acids is 1. The molecule has 27 heavy (non-hydrogen) atoms. The molecule has 0 unspecified atom stereocenters. The maximum Gasteiger partial charge on any atom is 0.221 e. The Morgan fingerprint density at radius 3 is 2.48 bits per heavy atom. The largest absolute Gasteiger partial charge is 0.356 e. The molecule has 0 saturated heterocycles. The smallest absolute Gasteiger partial charge is 0.221 e. The van der Waals surface area contributed by atoms with Gasteiger partial charge in [0.15, 0.2) is 5.96 Å². The number of nitrogens with zero attached hydrogens (tertiary/aromatic N) is 3. The normalized spacial score (nSPS) is 11.0. The molecule has 2 aromatic rings. The molecule has 148 valence electrons. The third kappa shape index (κ3) is 8.42. The Balaban J connectivity index is 0.00000364. The first-order valence-electron chi connectivity index (χ1n) is 8.91. The van der Waals surface area contributed by atoms with Gasteiger partial charge in [-0.1, -0.05) is 12.1 Å². The number of aromatic nitrogens is 2. The molecule has 2 rings (SSSR count). The van der Waals surface area contributed by atoms with E-state index in [0.717, 1.165) is 18.7 Å². The van der Waals surface area contributed by atoms with E-state index in [4.69, 9.17) is 0 Å². The Kier molecular flexibility index (Phi) is 10.5. The van der Waals surface area contributed by atoms with Gasteiger partial charge in [0.2, 0.25) is 5.91 Å². The molecule has 0 spiro atoms. The molecule has 0 aliphatic rings. The molecule has 0 aliphatic heterocycles. The third-order valence-electron chi connectivity index (χ3n) is 3.73. The number of aliphatic imine (C=N–C) groups is 1. The molecule has 8 heteroatoms. The molecule has 0 saturated carbocycles. The SMILES string of the molecule is CN=C(NCCC(=O)NC(C)C)NCCc1ccc(-n2cccn2)cc1.I. The van der Waals surface area contributed by atoms with Crippen molar-refractivity contribution in [2.45, 2.75) is 32.7 Å². The van der Waals surface area contributed by atoms with Gasteiger partial charge in [0, 0.05) is 45.0 Å². The highest BCUT2D eigenvalue weighted by Crippen LogP contribution is 2.08. The highest BCUT2D eigenvalue weighted by Gasteiger charge is 2.04. The van der Waals surface area contributed by atoms with Crippen LogP contribution in [0, 0.1) is 0 Å². The maximum atomic E-state index is 11.6. The molecule has 1 heterocycles. The summed E-state index contributed by atoms with van der Waals surface area (Å²) in [6, 6.07) is 10.4. The summed E-state index contributed by atoms with van der Waals surface area (Å²) >= 11 is 0. The van der Waals surface area contributed by atoms with Crippen molar-refractivity contribution in [3.63, 3.8) is 0 Å². The maximum absolute atomic E-state index is 11.6. The monoisotopic (exact) mass is 484 g/mol. The van der Waals surface area contributed by atoms with Crippen LogP contribution in [0.4, 0.5) is 0 Å². The number of guanidine groups is 1. The minimum atomic E-state index is 0. The van der Waals surface area contributed by atoms with Gasteiger partial charge in [-0.15, -0.1) is 24.0 Å². The van der Waals surface area contributed by atoms with Crippen molar-refractivity contribution in [1.82, 2.24) is 25.7 Å². The minimum absolute atomic E-state index is 0. The van der Waals surface area contributed by atoms with Crippen LogP contribution in [-0.2, 0) is 11.2 Å². The van der Waals surface area contributed by atoms with Gasteiger partial charge in [0.25, 0.3) is 0 Å². The van der Waals surface area contributed by atoms with Gasteiger partial charge in [-0.25, -0.2) is 4.68 Å². The summed E-state index contributed by atoms with van der Waals surface area (Å²) in [5.41, 5.74) is 2.28. The zero-order valence-electron chi connectivity index (χ0n) is 16.1. The van der Waals surface area contributed by atoms with Gasteiger partial charge in [-0.05, 0) is 44.0 Å². The van der Waals surface area contributed by atoms with E-state index in [1.807, 2.05) is 30.8 Å². The summed E-state index contributed by atoms with van der Waals surface area (Å²) in [6.07, 6.45) is 5.00. The Bertz CT molecular complexity index is 697. The average molecular weight is 484 g/mol. The van der Waals surface area contributed by atoms with Gasteiger partial charge in [-0.3, -0.25) is 9.79 Å². The lowest BCUT2D eigenvalue weighted by atomic mass is 10.1. The fourth-order valence-electron chi connectivity index (χ4n) is 2.47. The molecule has 3 N–H and O–H groups in total. The fraction of sp³-hybridized carbons (Fsp3) is 0.421. The van der Waals surface area contributed by atoms with Gasteiger partial charge in [0.1, 0.15) is 0 Å². The molecule has 1 amide bonds. The molecule has 1 aromatic heterocycles. The molecule has 0 atom stereocenters. The lowest BCUT2D eigenvalue weighted by Gasteiger charge is -2.13. The number of hydrogen-bond acceptors (Lipinski definition) is 3. The van der Waals surface area contributed by atoms with Crippen LogP contribution in [0.2, 0.25) is 0 Å². The molecule has 0 radical (unpaired) electrons. The number of amides is 1. The summed E-state index contributed by atoms with van der Waals surface area (Å²) in [5, 5.41) is 13.5. The second-order valence-corrected chi connectivity index (χ2v) is 6.27. The van der Waals surface area contributed by atoms with Crippen LogP contribution < -0.4 is 16.0 Å². The summed E-state index contributed by atoms with van der Waals surface area (Å²) in [7, 11) is 1.72. The first-order chi connectivity index (χ1) is 12.6. The molecule has 0 aliphatic carbocycles. The summed E-state index contributed by atoms with van der Waals surface area (Å²) < 4.78 is 1.84. The van der Waals surface area contributed by atoms with Crippen LogP contribution in [0.5, 0.6) is 0 Å². The Labute approximate surface area is 178 Å². The van der Waals surface area contributed by atoms with Crippen LogP contribution in [0.1, 0.15) is 25.8 Å². The zero-order chi connectivity index (χ0) is 18.8. The van der Waals surface area contributed by atoms with Crippen LogP contribution >= 0.6 is 24.0 Å². The van der Waals surface area contributed by atoms with E-state index in [1.54, 1.807) is 13.2 Å². The number of halogens is 1. The van der Waals surface area contributed by atoms with Crippen LogP contribution in [0.3, 0.4) is 0 Å². The molecule has 7 nitrogen and oxygen atoms in total. The van der Waals surface area contributed by atoms with Crippen molar-refractivity contribution in [3.8, 4) is 5.69 Å². The summed E-state index contributed by atoms with van der Waals surface area (Å²) in [6.45, 7) is 5.22. The molecule has 1 aromatic carbocycles. The Morgan fingerprint density at radius 1 is 1.19 bits per heavy atom. The minimum Gasteiger partial charge on any atom is -0.356 e. The van der Waals surface area contributed by atoms with E-state index in [1.165, 1.54) is 5.56 Å². The predicted molar refractivity (Wildman–Crippen MR) is 120 cm³/mol. The highest BCUT2D eigenvalue weighted by molar-refractivity contribution is 14.0. The van der Waals surface area contributed by atoms with E-state index in [9.17, 15) is 4.79 Å². The standard InChI is InChI=1S/C19H28N6O.HI/c1-15(2)24-18(26)10-13-22-19(20-3)21-12-9-16-5-7-17(8-6-16)25-14-4-11-23-25;/h4-8,11,14-15H,9-10,12-13H2,1-3H3,(H,24,26)(H2,20,21,22);1H. The van der Waals surface area contributed by atoms with E-state index in [2.05, 4.69) is 50.3 Å². The summed E-state index contributed by atoms with van der Waals surface area (Å²) in [5.74, 6) is 0.746. The number of benzene rings is 1. The fourth-order valence-corrected chi connectivity index (χ4v) is 2.47. The van der Waals surface area contributed by atoms with Crippen molar-refractivity contribution >= 4 is 35.8 Å². The molecule has 0 bridgehead atoms. The Morgan fingerprint density at radius 2 is 1.89 bits per heavy atom. The molecular weight excluding hydrogens is 455 g/mol. The van der Waals surface area contributed by atoms with Crippen molar-refractivity contribution in [2.24, 2.45) is 4.99 Å². The lowest BCUT2D eigenvalue weighted by Crippen LogP contribution is -2.40. The average Bonchev–Trinajstić information content (AvgIpc) is 3.15. The summed E-state index contributed by atoms with van der Waals surface area (Å²) in [4.78, 5) is 15.8. The van der Waals surface area contributed by atoms with Gasteiger partial charge >= 0.3 is 0 Å². The lowest BCUT2D eigenvalue weighted by molar-refractivity contribution is -0.121. The second-order valence-electron chi connectivity index (χ2n) is 6.27. The van der Waals surface area contributed by atoms with Gasteiger partial charge in [-0.2, -0.15) is 5.10 Å². The van der Waals surface area contributed by atoms with Crippen LogP contribution in [-0.4, -0.2) is 47.8 Å². The van der Waals surface area contributed by atoms with Crippen molar-refractivity contribution in [3.05, 3.63) is 48.3 Å². The number of nitrogens with one attached hydrogen (secondary N) is 3. The van der Waals surface area contributed by atoms with Crippen LogP contribution in [0.15, 0.2) is 47.7 Å². The number of hydrogen-bond donors (Lipinski definition) is 3. The number of carbonyl (C=O) groups is 1. The van der Waals surface area contributed by atoms with E-state index < -0.39 is 0 Å². The first-order valence-corrected chi connectivity index (χ1v) is 8.91. The molecule has 0 fully saturated rings. The van der Waals surface area contributed by atoms with Gasteiger partial charge in [0.05, 0.1) is 5.69 Å². The van der Waals surface area contributed by atoms with E-state index >= 15 is 0 Å². The van der Waals surface area contributed by atoms with Crippen molar-refractivity contribution < 1.29 is 4.79 Å². The quantitative estimate of drug-likeness (QED) is 0.305. The van der Waals surface area contributed by atoms with E-state index in [-0.39, 0.29) is 35.9 Å². The highest BCUT2D eigenvalue weighted by atomic mass is 127. The van der Waals surface area contributed by atoms with Crippen LogP contribution in [0.25, 0.3) is 5.69 Å². The predicted octanol–water partition coefficient (Wildman–Crippen LogP) is 2.11. The van der Waals surface area contributed by atoms with E-state index in [0.29, 0.717) is 18.9 Å². The zero-order valence-corrected chi connectivity index (χ0v) is 18.4. The van der Waals surface area contributed by atoms with Gasteiger partial charge < -0.3 is 16.0 Å².